The van der Waals surface area contributed by atoms with E-state index in [4.69, 9.17) is 4.74 Å². The van der Waals surface area contributed by atoms with Crippen LogP contribution in [0.25, 0.3) is 0 Å². The van der Waals surface area contributed by atoms with Crippen molar-refractivity contribution in [1.82, 2.24) is 0 Å². The Morgan fingerprint density at radius 1 is 1.47 bits per heavy atom. The topological polar surface area (TPSA) is 58.6 Å². The monoisotopic (exact) mass is 326 g/mol. The van der Waals surface area contributed by atoms with Crippen molar-refractivity contribution in [2.45, 2.75) is 13.3 Å². The Labute approximate surface area is 120 Å². The third-order valence-corrected chi connectivity index (χ3v) is 3.42. The fourth-order valence-electron chi connectivity index (χ4n) is 2.24. The summed E-state index contributed by atoms with van der Waals surface area (Å²) in [5.74, 6) is -0.262. The van der Waals surface area contributed by atoms with Crippen molar-refractivity contribution in [3.8, 4) is 0 Å². The second-order valence-corrected chi connectivity index (χ2v) is 5.28. The minimum atomic E-state index is -0.238. The first-order valence-electron chi connectivity index (χ1n) is 5.92. The Hall–Kier alpha value is -1.40. The number of benzene rings is 1. The van der Waals surface area contributed by atoms with E-state index in [9.17, 15) is 9.59 Å². The molecule has 19 heavy (non-hydrogen) atoms. The normalized spacial score (nSPS) is 13.3. The second-order valence-electron chi connectivity index (χ2n) is 4.36. The quantitative estimate of drug-likeness (QED) is 0.923. The molecular formula is C13H15BrN2O3. The SMILES string of the molecule is COCC(=O)Nc1cc(Br)cc2c1N(C(C)=O)CC2. The summed E-state index contributed by atoms with van der Waals surface area (Å²) in [5.41, 5.74) is 2.48. The van der Waals surface area contributed by atoms with Crippen molar-refractivity contribution >= 4 is 39.1 Å². The Bertz CT molecular complexity index is 531. The van der Waals surface area contributed by atoms with E-state index in [1.54, 1.807) is 11.0 Å². The smallest absolute Gasteiger partial charge is 0.250 e. The number of hydrogen-bond donors (Lipinski definition) is 1. The molecule has 0 unspecified atom stereocenters. The molecule has 1 aromatic carbocycles. The maximum Gasteiger partial charge on any atom is 0.250 e. The predicted molar refractivity (Wildman–Crippen MR) is 76.4 cm³/mol. The molecule has 0 saturated heterocycles. The first-order valence-corrected chi connectivity index (χ1v) is 6.71. The summed E-state index contributed by atoms with van der Waals surface area (Å²) in [4.78, 5) is 25.0. The van der Waals surface area contributed by atoms with Crippen LogP contribution in [0.3, 0.4) is 0 Å². The number of nitrogens with one attached hydrogen (secondary N) is 1. The Morgan fingerprint density at radius 2 is 2.21 bits per heavy atom. The van der Waals surface area contributed by atoms with E-state index in [0.717, 1.165) is 22.1 Å². The average Bonchev–Trinajstić information content (AvgIpc) is 2.72. The zero-order valence-corrected chi connectivity index (χ0v) is 12.4. The summed E-state index contributed by atoms with van der Waals surface area (Å²) in [5, 5.41) is 2.78. The Morgan fingerprint density at radius 3 is 2.84 bits per heavy atom. The lowest BCUT2D eigenvalue weighted by atomic mass is 10.1. The van der Waals surface area contributed by atoms with Crippen molar-refractivity contribution in [3.05, 3.63) is 22.2 Å². The molecule has 1 aromatic rings. The van der Waals surface area contributed by atoms with Gasteiger partial charge in [-0.25, -0.2) is 0 Å². The van der Waals surface area contributed by atoms with Crippen LogP contribution < -0.4 is 10.2 Å². The molecule has 0 atom stereocenters. The zero-order chi connectivity index (χ0) is 14.0. The lowest BCUT2D eigenvalue weighted by Crippen LogP contribution is -2.27. The molecule has 102 valence electrons. The van der Waals surface area contributed by atoms with Gasteiger partial charge < -0.3 is 15.0 Å². The van der Waals surface area contributed by atoms with Crippen molar-refractivity contribution in [2.75, 3.05) is 30.5 Å². The number of hydrogen-bond acceptors (Lipinski definition) is 3. The number of carbonyl (C=O) groups excluding carboxylic acids is 2. The van der Waals surface area contributed by atoms with E-state index in [1.807, 2.05) is 6.07 Å². The molecule has 1 aliphatic heterocycles. The van der Waals surface area contributed by atoms with Gasteiger partial charge in [0.25, 0.3) is 0 Å². The van der Waals surface area contributed by atoms with Gasteiger partial charge in [0.1, 0.15) is 6.61 Å². The van der Waals surface area contributed by atoms with Gasteiger partial charge in [-0.1, -0.05) is 15.9 Å². The Kier molecular flexibility index (Phi) is 4.21. The summed E-state index contributed by atoms with van der Waals surface area (Å²) in [6.45, 7) is 2.16. The first kappa shape index (κ1) is 14.0. The summed E-state index contributed by atoms with van der Waals surface area (Å²) >= 11 is 3.42. The highest BCUT2D eigenvalue weighted by Crippen LogP contribution is 2.38. The predicted octanol–water partition coefficient (Wildman–Crippen LogP) is 1.94. The van der Waals surface area contributed by atoms with E-state index in [2.05, 4.69) is 21.2 Å². The van der Waals surface area contributed by atoms with Gasteiger partial charge in [0.05, 0.1) is 11.4 Å². The van der Waals surface area contributed by atoms with Gasteiger partial charge in [0.2, 0.25) is 11.8 Å². The zero-order valence-electron chi connectivity index (χ0n) is 10.8. The maximum atomic E-state index is 11.6. The summed E-state index contributed by atoms with van der Waals surface area (Å²) < 4.78 is 5.67. The summed E-state index contributed by atoms with van der Waals surface area (Å²) in [6.07, 6.45) is 0.793. The molecule has 0 fully saturated rings. The van der Waals surface area contributed by atoms with Gasteiger partial charge in [-0.05, 0) is 24.1 Å². The van der Waals surface area contributed by atoms with Crippen LogP contribution in [0, 0.1) is 0 Å². The van der Waals surface area contributed by atoms with Crippen molar-refractivity contribution in [2.24, 2.45) is 0 Å². The van der Waals surface area contributed by atoms with E-state index in [-0.39, 0.29) is 18.4 Å². The van der Waals surface area contributed by atoms with E-state index in [0.29, 0.717) is 12.2 Å². The molecule has 0 spiro atoms. The average molecular weight is 327 g/mol. The van der Waals surface area contributed by atoms with Crippen molar-refractivity contribution in [1.29, 1.82) is 0 Å². The van der Waals surface area contributed by atoms with Crippen LogP contribution in [0.1, 0.15) is 12.5 Å². The molecule has 0 bridgehead atoms. The number of amides is 2. The fraction of sp³-hybridized carbons (Fsp3) is 0.385. The molecule has 6 heteroatoms. The number of methoxy groups -OCH3 is 1. The molecule has 0 saturated carbocycles. The van der Waals surface area contributed by atoms with Gasteiger partial charge in [-0.2, -0.15) is 0 Å². The number of nitrogens with zero attached hydrogens (tertiary/aromatic N) is 1. The number of ether oxygens (including phenoxy) is 1. The molecule has 1 heterocycles. The number of rotatable bonds is 3. The highest BCUT2D eigenvalue weighted by atomic mass is 79.9. The maximum absolute atomic E-state index is 11.6. The summed E-state index contributed by atoms with van der Waals surface area (Å²) in [6, 6.07) is 3.78. The van der Waals surface area contributed by atoms with Gasteiger partial charge >= 0.3 is 0 Å². The number of halogens is 1. The van der Waals surface area contributed by atoms with E-state index in [1.165, 1.54) is 14.0 Å². The highest BCUT2D eigenvalue weighted by Gasteiger charge is 2.26. The number of anilines is 2. The van der Waals surface area contributed by atoms with Crippen LogP contribution in [0.2, 0.25) is 0 Å². The lowest BCUT2D eigenvalue weighted by Gasteiger charge is -2.19. The molecular weight excluding hydrogens is 312 g/mol. The molecule has 0 radical (unpaired) electrons. The van der Waals surface area contributed by atoms with Crippen molar-refractivity contribution < 1.29 is 14.3 Å². The van der Waals surface area contributed by atoms with Gasteiger partial charge in [-0.3, -0.25) is 9.59 Å². The van der Waals surface area contributed by atoms with Crippen LogP contribution in [0.4, 0.5) is 11.4 Å². The third kappa shape index (κ3) is 2.96. The fourth-order valence-corrected chi connectivity index (χ4v) is 2.74. The standard InChI is InChI=1S/C13H15BrN2O3/c1-8(17)16-4-3-9-5-10(14)6-11(13(9)16)15-12(18)7-19-2/h5-6H,3-4,7H2,1-2H3,(H,15,18). The molecule has 2 rings (SSSR count). The highest BCUT2D eigenvalue weighted by molar-refractivity contribution is 9.10. The molecule has 1 aliphatic rings. The molecule has 0 aliphatic carbocycles. The Balaban J connectivity index is 2.38. The third-order valence-electron chi connectivity index (χ3n) is 2.96. The van der Waals surface area contributed by atoms with Crippen LogP contribution in [0.15, 0.2) is 16.6 Å². The van der Waals surface area contributed by atoms with Crippen LogP contribution in [0.5, 0.6) is 0 Å². The summed E-state index contributed by atoms with van der Waals surface area (Å²) in [7, 11) is 1.47. The first-order chi connectivity index (χ1) is 9.02. The second kappa shape index (κ2) is 5.71. The van der Waals surface area contributed by atoms with Gasteiger partial charge in [0, 0.05) is 25.1 Å². The van der Waals surface area contributed by atoms with Crippen molar-refractivity contribution in [3.63, 3.8) is 0 Å². The molecule has 2 amide bonds. The minimum absolute atomic E-state index is 0.0125. The van der Waals surface area contributed by atoms with Crippen LogP contribution in [-0.2, 0) is 20.7 Å². The van der Waals surface area contributed by atoms with Gasteiger partial charge in [0.15, 0.2) is 0 Å². The van der Waals surface area contributed by atoms with E-state index >= 15 is 0 Å². The minimum Gasteiger partial charge on any atom is -0.375 e. The molecule has 0 aromatic heterocycles. The lowest BCUT2D eigenvalue weighted by molar-refractivity contribution is -0.119. The molecule has 1 N–H and O–H groups in total. The van der Waals surface area contributed by atoms with Crippen LogP contribution >= 0.6 is 15.9 Å². The van der Waals surface area contributed by atoms with Gasteiger partial charge in [-0.15, -0.1) is 0 Å². The number of carbonyl (C=O) groups is 2. The molecule has 5 nitrogen and oxygen atoms in total. The van der Waals surface area contributed by atoms with Crippen LogP contribution in [-0.4, -0.2) is 32.1 Å². The number of fused-ring (bicyclic) bond motifs is 1. The largest absolute Gasteiger partial charge is 0.375 e. The van der Waals surface area contributed by atoms with E-state index < -0.39 is 0 Å².